The van der Waals surface area contributed by atoms with Crippen LogP contribution < -0.4 is 20.1 Å². The fourth-order valence-electron chi connectivity index (χ4n) is 5.03. The van der Waals surface area contributed by atoms with Crippen LogP contribution in [0, 0.1) is 11.8 Å². The minimum Gasteiger partial charge on any atom is -0.497 e. The zero-order valence-corrected chi connectivity index (χ0v) is 30.3. The van der Waals surface area contributed by atoms with Gasteiger partial charge in [0.2, 0.25) is 17.6 Å². The van der Waals surface area contributed by atoms with Gasteiger partial charge in [-0.2, -0.15) is 13.2 Å². The zero-order chi connectivity index (χ0) is 38.8. The number of rotatable bonds is 16. The number of methoxy groups -OCH3 is 1. The number of carbonyl (C=O) groups excluding carboxylic acids is 5. The lowest BCUT2D eigenvalue weighted by Crippen LogP contribution is -2.50. The van der Waals surface area contributed by atoms with Crippen molar-refractivity contribution in [3.05, 3.63) is 88.6 Å². The number of nitrogens with zero attached hydrogens (tertiary/aromatic N) is 1. The number of halogens is 4. The molecule has 0 unspecified atom stereocenters. The van der Waals surface area contributed by atoms with Crippen LogP contribution in [0.3, 0.4) is 0 Å². The Morgan fingerprint density at radius 1 is 0.904 bits per heavy atom. The molecule has 0 fully saturated rings. The van der Waals surface area contributed by atoms with Gasteiger partial charge in [-0.05, 0) is 68.1 Å². The van der Waals surface area contributed by atoms with E-state index in [1.54, 1.807) is 45.0 Å². The van der Waals surface area contributed by atoms with Crippen molar-refractivity contribution in [3.63, 3.8) is 0 Å². The van der Waals surface area contributed by atoms with Gasteiger partial charge in [0.15, 0.2) is 12.4 Å². The second-order valence-corrected chi connectivity index (χ2v) is 13.6. The smallest absolute Gasteiger partial charge is 0.450 e. The summed E-state index contributed by atoms with van der Waals surface area (Å²) < 4.78 is 56.2. The number of amides is 2. The first-order chi connectivity index (χ1) is 24.3. The number of pyridine rings is 1. The average molecular weight is 748 g/mol. The number of hydrogen-bond donors (Lipinski definition) is 2. The molecule has 2 amide bonds. The summed E-state index contributed by atoms with van der Waals surface area (Å²) in [6.45, 7) is 7.38. The van der Waals surface area contributed by atoms with E-state index in [9.17, 15) is 37.1 Å². The van der Waals surface area contributed by atoms with E-state index in [0.717, 1.165) is 0 Å². The molecule has 0 saturated heterocycles. The SMILES string of the molecule is COc1ccc([C@H](NC(=O)[C@H](Cc2cccc(Cl)c2)NC(=O)c2cccc(OCC(=O)OC(C)(C)C)n2)C(=O)C[C@H](C(=O)C(F)(F)F)C(C)C)cc1. The van der Waals surface area contributed by atoms with E-state index in [1.807, 2.05) is 0 Å². The van der Waals surface area contributed by atoms with Crippen LogP contribution in [0.2, 0.25) is 5.02 Å². The zero-order valence-electron chi connectivity index (χ0n) is 29.5. The van der Waals surface area contributed by atoms with Gasteiger partial charge in [0.25, 0.3) is 5.91 Å². The van der Waals surface area contributed by atoms with Gasteiger partial charge in [-0.15, -0.1) is 0 Å². The maximum atomic E-state index is 14.0. The minimum atomic E-state index is -5.17. The summed E-state index contributed by atoms with van der Waals surface area (Å²) in [6.07, 6.45) is -6.12. The number of carbonyl (C=O) groups is 5. The van der Waals surface area contributed by atoms with Crippen molar-refractivity contribution in [2.45, 2.75) is 71.3 Å². The van der Waals surface area contributed by atoms with Crippen LogP contribution in [0.4, 0.5) is 13.2 Å². The third kappa shape index (κ3) is 12.7. The number of ether oxygens (including phenoxy) is 3. The van der Waals surface area contributed by atoms with Crippen molar-refractivity contribution in [1.82, 2.24) is 15.6 Å². The van der Waals surface area contributed by atoms with Crippen molar-refractivity contribution in [1.29, 1.82) is 0 Å². The van der Waals surface area contributed by atoms with Crippen molar-refractivity contribution in [2.75, 3.05) is 13.7 Å². The first kappa shape index (κ1) is 41.4. The van der Waals surface area contributed by atoms with Crippen LogP contribution >= 0.6 is 11.6 Å². The lowest BCUT2D eigenvalue weighted by atomic mass is 9.84. The van der Waals surface area contributed by atoms with Crippen LogP contribution in [0.15, 0.2) is 66.7 Å². The molecule has 1 aromatic heterocycles. The molecule has 0 aliphatic heterocycles. The van der Waals surface area contributed by atoms with Crippen molar-refractivity contribution < 1.29 is 51.4 Å². The lowest BCUT2D eigenvalue weighted by molar-refractivity contribution is -0.177. The third-order valence-corrected chi connectivity index (χ3v) is 7.80. The molecule has 3 atom stereocenters. The Labute approximate surface area is 304 Å². The number of Topliss-reactive ketones (excluding diaryl/α,β-unsaturated/α-hetero) is 2. The molecule has 0 aliphatic rings. The van der Waals surface area contributed by atoms with Crippen LogP contribution in [0.5, 0.6) is 11.6 Å². The van der Waals surface area contributed by atoms with Gasteiger partial charge in [-0.1, -0.05) is 55.8 Å². The molecule has 1 heterocycles. The van der Waals surface area contributed by atoms with E-state index in [0.29, 0.717) is 16.3 Å². The number of benzene rings is 2. The fraction of sp³-hybridized carbons (Fsp3) is 0.405. The molecule has 3 rings (SSSR count). The van der Waals surface area contributed by atoms with Crippen molar-refractivity contribution >= 4 is 41.0 Å². The highest BCUT2D eigenvalue weighted by molar-refractivity contribution is 6.30. The normalized spacial score (nSPS) is 13.4. The molecule has 0 aliphatic carbocycles. The predicted molar refractivity (Wildman–Crippen MR) is 185 cm³/mol. The summed E-state index contributed by atoms with van der Waals surface area (Å²) in [5.41, 5.74) is -0.204. The molecular weight excluding hydrogens is 707 g/mol. The average Bonchev–Trinajstić information content (AvgIpc) is 3.06. The maximum Gasteiger partial charge on any atom is 0.450 e. The number of aromatic nitrogens is 1. The molecule has 0 radical (unpaired) electrons. The second-order valence-electron chi connectivity index (χ2n) is 13.2. The van der Waals surface area contributed by atoms with Crippen molar-refractivity contribution in [2.24, 2.45) is 11.8 Å². The Hall–Kier alpha value is -4.98. The summed E-state index contributed by atoms with van der Waals surface area (Å²) in [5, 5.41) is 5.53. The number of hydrogen-bond acceptors (Lipinski definition) is 9. The van der Waals surface area contributed by atoms with E-state index < -0.39 is 78.1 Å². The van der Waals surface area contributed by atoms with Crippen LogP contribution in [-0.2, 0) is 30.3 Å². The van der Waals surface area contributed by atoms with Gasteiger partial charge < -0.3 is 24.8 Å². The largest absolute Gasteiger partial charge is 0.497 e. The van der Waals surface area contributed by atoms with Crippen LogP contribution in [0.1, 0.15) is 68.7 Å². The highest BCUT2D eigenvalue weighted by atomic mass is 35.5. The molecule has 2 N–H and O–H groups in total. The van der Waals surface area contributed by atoms with Crippen LogP contribution in [0.25, 0.3) is 0 Å². The summed E-state index contributed by atoms with van der Waals surface area (Å²) >= 11 is 6.17. The van der Waals surface area contributed by atoms with E-state index >= 15 is 0 Å². The molecule has 11 nitrogen and oxygen atoms in total. The Kier molecular flexibility index (Phi) is 14.3. The maximum absolute atomic E-state index is 14.0. The Morgan fingerprint density at radius 2 is 1.56 bits per heavy atom. The molecule has 0 bridgehead atoms. The molecule has 280 valence electrons. The van der Waals surface area contributed by atoms with Gasteiger partial charge >= 0.3 is 12.1 Å². The number of ketones is 2. The van der Waals surface area contributed by atoms with E-state index in [1.165, 1.54) is 63.4 Å². The van der Waals surface area contributed by atoms with Gasteiger partial charge in [0.05, 0.1) is 7.11 Å². The Bertz CT molecular complexity index is 1740. The Balaban J connectivity index is 1.93. The predicted octanol–water partition coefficient (Wildman–Crippen LogP) is 6.03. The van der Waals surface area contributed by atoms with E-state index in [2.05, 4.69) is 15.6 Å². The third-order valence-electron chi connectivity index (χ3n) is 7.56. The molecule has 15 heteroatoms. The molecule has 0 spiro atoms. The lowest BCUT2D eigenvalue weighted by Gasteiger charge is -2.26. The first-order valence-electron chi connectivity index (χ1n) is 16.2. The second kappa shape index (κ2) is 18.0. The fourth-order valence-corrected chi connectivity index (χ4v) is 5.24. The van der Waals surface area contributed by atoms with Gasteiger partial charge in [-0.3, -0.25) is 19.2 Å². The standard InChI is InChI=1S/C37H41ClF3N3O8/c1-21(2)26(33(47)37(39,40)41)19-29(45)32(23-13-15-25(50-6)16-14-23)44-35(49)28(18-22-9-7-10-24(38)17-22)43-34(48)27-11-8-12-30(42-27)51-20-31(46)52-36(3,4)5/h7-17,21,26,28,32H,18-20H2,1-6H3,(H,43,48)(H,44,49)/t26-,28-,32-/m0/s1. The van der Waals surface area contributed by atoms with Gasteiger partial charge in [0, 0.05) is 29.8 Å². The summed E-state index contributed by atoms with van der Waals surface area (Å²) in [6, 6.07) is 13.7. The Morgan fingerprint density at radius 3 is 2.13 bits per heavy atom. The van der Waals surface area contributed by atoms with Crippen molar-refractivity contribution in [3.8, 4) is 11.6 Å². The summed E-state index contributed by atoms with van der Waals surface area (Å²) in [4.78, 5) is 69.8. The van der Waals surface area contributed by atoms with E-state index in [4.69, 9.17) is 25.8 Å². The van der Waals surface area contributed by atoms with Gasteiger partial charge in [-0.25, -0.2) is 9.78 Å². The van der Waals surface area contributed by atoms with E-state index in [-0.39, 0.29) is 23.6 Å². The highest BCUT2D eigenvalue weighted by Crippen LogP contribution is 2.30. The summed E-state index contributed by atoms with van der Waals surface area (Å²) in [5.74, 6) is -7.50. The van der Waals surface area contributed by atoms with Gasteiger partial charge in [0.1, 0.15) is 29.1 Å². The number of nitrogens with one attached hydrogen (secondary N) is 2. The quantitative estimate of drug-likeness (QED) is 0.168. The highest BCUT2D eigenvalue weighted by Gasteiger charge is 2.45. The molecule has 2 aromatic carbocycles. The topological polar surface area (TPSA) is 150 Å². The molecule has 0 saturated carbocycles. The number of alkyl halides is 3. The minimum absolute atomic E-state index is 0.0763. The molecular formula is C37H41ClF3N3O8. The number of esters is 1. The summed E-state index contributed by atoms with van der Waals surface area (Å²) in [7, 11) is 1.41. The monoisotopic (exact) mass is 747 g/mol. The van der Waals surface area contributed by atoms with Crippen LogP contribution in [-0.4, -0.2) is 65.9 Å². The molecule has 3 aromatic rings. The first-order valence-corrected chi connectivity index (χ1v) is 16.6. The molecule has 52 heavy (non-hydrogen) atoms.